The summed E-state index contributed by atoms with van der Waals surface area (Å²) in [6, 6.07) is 61.0. The minimum Gasteiger partial charge on any atom is -0.311 e. The predicted octanol–water partition coefficient (Wildman–Crippen LogP) is 11.8. The zero-order valence-electron chi connectivity index (χ0n) is 24.5. The Hall–Kier alpha value is -5.37. The van der Waals surface area contributed by atoms with Crippen LogP contribution in [0.4, 0.5) is 17.1 Å². The van der Waals surface area contributed by atoms with Gasteiger partial charge in [0, 0.05) is 22.1 Å². The van der Waals surface area contributed by atoms with Gasteiger partial charge >= 0.3 is 0 Å². The molecule has 0 amide bonds. The Kier molecular flexibility index (Phi) is 5.84. The molecular weight excluding hydrogens is 566 g/mol. The second kappa shape index (κ2) is 10.1. The van der Waals surface area contributed by atoms with E-state index in [2.05, 4.69) is 175 Å². The van der Waals surface area contributed by atoms with Crippen LogP contribution in [0, 0.1) is 0 Å². The van der Waals surface area contributed by atoms with Crippen LogP contribution < -0.4 is 4.90 Å². The van der Waals surface area contributed by atoms with Crippen molar-refractivity contribution >= 4 is 28.7 Å². The molecule has 212 valence electrons. The van der Waals surface area contributed by atoms with Crippen LogP contribution in [0.2, 0.25) is 5.02 Å². The van der Waals surface area contributed by atoms with Crippen LogP contribution in [-0.4, -0.2) is 0 Å². The molecule has 0 bridgehead atoms. The Morgan fingerprint density at radius 2 is 0.822 bits per heavy atom. The first-order valence-corrected chi connectivity index (χ1v) is 15.8. The van der Waals surface area contributed by atoms with Gasteiger partial charge in [-0.05, 0) is 104 Å². The molecule has 2 heteroatoms. The normalized spacial score (nSPS) is 13.2. The highest BCUT2D eigenvalue weighted by Gasteiger charge is 2.52. The third-order valence-corrected chi connectivity index (χ3v) is 9.74. The Morgan fingerprint density at radius 3 is 1.38 bits per heavy atom. The number of rotatable bonds is 4. The van der Waals surface area contributed by atoms with Crippen molar-refractivity contribution in [3.63, 3.8) is 0 Å². The van der Waals surface area contributed by atoms with Crippen LogP contribution in [0.15, 0.2) is 170 Å². The molecule has 0 heterocycles. The maximum atomic E-state index is 7.07. The molecule has 9 rings (SSSR count). The van der Waals surface area contributed by atoms with Crippen molar-refractivity contribution in [2.45, 2.75) is 5.41 Å². The van der Waals surface area contributed by atoms with Gasteiger partial charge in [-0.3, -0.25) is 0 Å². The topological polar surface area (TPSA) is 3.24 Å². The lowest BCUT2D eigenvalue weighted by atomic mass is 9.70. The monoisotopic (exact) mass is 593 g/mol. The number of anilines is 3. The second-order valence-corrected chi connectivity index (χ2v) is 12.3. The summed E-state index contributed by atoms with van der Waals surface area (Å²) in [6.45, 7) is 0. The maximum absolute atomic E-state index is 7.07. The Morgan fingerprint density at radius 1 is 0.378 bits per heavy atom. The van der Waals surface area contributed by atoms with Crippen molar-refractivity contribution in [3.8, 4) is 33.4 Å². The van der Waals surface area contributed by atoms with E-state index in [0.29, 0.717) is 0 Å². The minimum absolute atomic E-state index is 0.421. The van der Waals surface area contributed by atoms with E-state index in [1.54, 1.807) is 0 Å². The molecule has 0 N–H and O–H groups in total. The fourth-order valence-electron chi connectivity index (χ4n) is 7.80. The number of hydrogen-bond donors (Lipinski definition) is 0. The number of nitrogens with zero attached hydrogens (tertiary/aromatic N) is 1. The molecule has 0 saturated carbocycles. The van der Waals surface area contributed by atoms with E-state index in [1.807, 2.05) is 0 Å². The molecule has 0 atom stereocenters. The van der Waals surface area contributed by atoms with Crippen molar-refractivity contribution in [2.75, 3.05) is 4.90 Å². The molecule has 0 aromatic heterocycles. The second-order valence-electron chi connectivity index (χ2n) is 11.8. The largest absolute Gasteiger partial charge is 0.311 e. The molecule has 2 aliphatic carbocycles. The fraction of sp³-hybridized carbons (Fsp3) is 0.0233. The molecule has 45 heavy (non-hydrogen) atoms. The van der Waals surface area contributed by atoms with Gasteiger partial charge in [-0.15, -0.1) is 0 Å². The molecule has 0 radical (unpaired) electrons. The Labute approximate surface area is 268 Å². The summed E-state index contributed by atoms with van der Waals surface area (Å²) >= 11 is 7.07. The molecule has 2 aliphatic rings. The number of halogens is 1. The third-order valence-electron chi connectivity index (χ3n) is 9.53. The average Bonchev–Trinajstić information content (AvgIpc) is 3.57. The van der Waals surface area contributed by atoms with E-state index < -0.39 is 5.41 Å². The van der Waals surface area contributed by atoms with Crippen molar-refractivity contribution in [2.24, 2.45) is 0 Å². The van der Waals surface area contributed by atoms with Gasteiger partial charge in [0.1, 0.15) is 0 Å². The summed E-state index contributed by atoms with van der Waals surface area (Å²) in [5.74, 6) is 0. The van der Waals surface area contributed by atoms with Crippen LogP contribution in [0.3, 0.4) is 0 Å². The molecular formula is C43H28ClN. The van der Waals surface area contributed by atoms with E-state index >= 15 is 0 Å². The highest BCUT2D eigenvalue weighted by molar-refractivity contribution is 6.31. The summed E-state index contributed by atoms with van der Waals surface area (Å²) in [5, 5.41) is 0.747. The van der Waals surface area contributed by atoms with Crippen LogP contribution in [-0.2, 0) is 5.41 Å². The van der Waals surface area contributed by atoms with Gasteiger partial charge < -0.3 is 4.90 Å². The highest BCUT2D eigenvalue weighted by Crippen LogP contribution is 2.64. The summed E-state index contributed by atoms with van der Waals surface area (Å²) in [4.78, 5) is 2.29. The molecule has 0 saturated heterocycles. The minimum atomic E-state index is -0.421. The van der Waals surface area contributed by atoms with Gasteiger partial charge in [-0.2, -0.15) is 0 Å². The molecule has 1 spiro atoms. The Bertz CT molecular complexity index is 2130. The van der Waals surface area contributed by atoms with E-state index in [9.17, 15) is 0 Å². The molecule has 0 fully saturated rings. The zero-order chi connectivity index (χ0) is 30.0. The van der Waals surface area contributed by atoms with Gasteiger partial charge in [-0.25, -0.2) is 0 Å². The fourth-order valence-corrected chi connectivity index (χ4v) is 8.02. The van der Waals surface area contributed by atoms with Crippen LogP contribution in [0.25, 0.3) is 33.4 Å². The first kappa shape index (κ1) is 26.1. The average molecular weight is 594 g/mol. The van der Waals surface area contributed by atoms with Crippen LogP contribution >= 0.6 is 11.6 Å². The summed E-state index contributed by atoms with van der Waals surface area (Å²) in [7, 11) is 0. The van der Waals surface area contributed by atoms with E-state index in [1.165, 1.54) is 44.5 Å². The Balaban J connectivity index is 1.26. The van der Waals surface area contributed by atoms with Crippen molar-refractivity contribution in [1.29, 1.82) is 0 Å². The van der Waals surface area contributed by atoms with Gasteiger partial charge in [0.05, 0.1) is 5.41 Å². The molecule has 7 aromatic rings. The van der Waals surface area contributed by atoms with Crippen molar-refractivity contribution < 1.29 is 0 Å². The molecule has 0 aliphatic heterocycles. The zero-order valence-corrected chi connectivity index (χ0v) is 25.2. The highest BCUT2D eigenvalue weighted by atomic mass is 35.5. The lowest BCUT2D eigenvalue weighted by molar-refractivity contribution is 0.794. The lowest BCUT2D eigenvalue weighted by Crippen LogP contribution is -2.25. The maximum Gasteiger partial charge on any atom is 0.0726 e. The van der Waals surface area contributed by atoms with Gasteiger partial charge in [0.2, 0.25) is 0 Å². The number of fused-ring (bicyclic) bond motifs is 10. The first-order valence-electron chi connectivity index (χ1n) is 15.4. The van der Waals surface area contributed by atoms with Crippen molar-refractivity contribution in [3.05, 3.63) is 197 Å². The number of benzene rings is 7. The van der Waals surface area contributed by atoms with E-state index in [-0.39, 0.29) is 0 Å². The van der Waals surface area contributed by atoms with Crippen LogP contribution in [0.1, 0.15) is 22.3 Å². The van der Waals surface area contributed by atoms with Crippen LogP contribution in [0.5, 0.6) is 0 Å². The third kappa shape index (κ3) is 3.75. The summed E-state index contributed by atoms with van der Waals surface area (Å²) < 4.78 is 0. The first-order chi connectivity index (χ1) is 22.2. The summed E-state index contributed by atoms with van der Waals surface area (Å²) in [6.07, 6.45) is 0. The molecule has 7 aromatic carbocycles. The quantitative estimate of drug-likeness (QED) is 0.196. The summed E-state index contributed by atoms with van der Waals surface area (Å²) in [5.41, 5.74) is 15.6. The molecule has 1 nitrogen and oxygen atoms in total. The van der Waals surface area contributed by atoms with Crippen molar-refractivity contribution in [1.82, 2.24) is 0 Å². The van der Waals surface area contributed by atoms with Gasteiger partial charge in [-0.1, -0.05) is 133 Å². The predicted molar refractivity (Wildman–Crippen MR) is 188 cm³/mol. The molecule has 0 unspecified atom stereocenters. The number of para-hydroxylation sites is 2. The van der Waals surface area contributed by atoms with E-state index in [4.69, 9.17) is 11.6 Å². The number of hydrogen-bond acceptors (Lipinski definition) is 1. The SMILES string of the molecule is Clc1cc(-c2ccc(N(c3ccccc3)c3ccccc3)cc2)c2c(c1)C1(c3ccccc3-c3ccccc31)c1ccccc1-2. The van der Waals surface area contributed by atoms with Gasteiger partial charge in [0.15, 0.2) is 0 Å². The standard InChI is InChI=1S/C43H28ClN/c44-30-27-37(29-23-25-33(26-24-29)45(31-13-3-1-4-14-31)32-15-5-2-6-16-32)42-36-19-9-12-22-40(36)43(41(42)28-30)38-20-10-7-17-34(38)35-18-8-11-21-39(35)43/h1-28H. The smallest absolute Gasteiger partial charge is 0.0726 e. The lowest BCUT2D eigenvalue weighted by Gasteiger charge is -2.30. The van der Waals surface area contributed by atoms with E-state index in [0.717, 1.165) is 33.2 Å². The van der Waals surface area contributed by atoms with Gasteiger partial charge in [0.25, 0.3) is 0 Å².